The largest absolute Gasteiger partial charge is 0.496 e. The molecule has 0 spiro atoms. The molecule has 3 nitrogen and oxygen atoms in total. The molecule has 1 rings (SSSR count). The van der Waals surface area contributed by atoms with Crippen LogP contribution in [-0.4, -0.2) is 25.4 Å². The van der Waals surface area contributed by atoms with Crippen molar-refractivity contribution in [3.63, 3.8) is 0 Å². The van der Waals surface area contributed by atoms with Crippen LogP contribution in [0.4, 0.5) is 4.39 Å². The van der Waals surface area contributed by atoms with Crippen molar-refractivity contribution in [3.8, 4) is 5.75 Å². The zero-order valence-corrected chi connectivity index (χ0v) is 10.4. The molecule has 0 amide bonds. The van der Waals surface area contributed by atoms with Gasteiger partial charge in [-0.1, -0.05) is 0 Å². The summed E-state index contributed by atoms with van der Waals surface area (Å²) in [5.74, 6) is 0.128. The standard InChI is InChI=1S/C13H19FO3/c1-9(16-2)4-6-12(15)11-8-10(14)5-7-13(11)17-3/h5,7-9,12,15H,4,6H2,1-3H3. The first-order valence-corrected chi connectivity index (χ1v) is 5.62. The molecule has 0 aliphatic rings. The van der Waals surface area contributed by atoms with E-state index in [1.807, 2.05) is 6.92 Å². The molecule has 2 atom stereocenters. The van der Waals surface area contributed by atoms with Gasteiger partial charge in [0.05, 0.1) is 19.3 Å². The predicted octanol–water partition coefficient (Wildman–Crippen LogP) is 2.68. The Morgan fingerprint density at radius 2 is 2.00 bits per heavy atom. The fourth-order valence-electron chi connectivity index (χ4n) is 1.63. The van der Waals surface area contributed by atoms with E-state index in [4.69, 9.17) is 9.47 Å². The minimum atomic E-state index is -0.738. The number of rotatable bonds is 6. The Kier molecular flexibility index (Phi) is 5.38. The van der Waals surface area contributed by atoms with E-state index in [0.29, 0.717) is 24.2 Å². The van der Waals surface area contributed by atoms with Gasteiger partial charge >= 0.3 is 0 Å². The van der Waals surface area contributed by atoms with Gasteiger partial charge in [-0.3, -0.25) is 0 Å². The van der Waals surface area contributed by atoms with Crippen molar-refractivity contribution in [1.29, 1.82) is 0 Å². The Morgan fingerprint density at radius 1 is 1.29 bits per heavy atom. The van der Waals surface area contributed by atoms with Crippen LogP contribution in [-0.2, 0) is 4.74 Å². The second-order valence-corrected chi connectivity index (χ2v) is 4.03. The van der Waals surface area contributed by atoms with Gasteiger partial charge in [0.1, 0.15) is 11.6 Å². The third-order valence-corrected chi connectivity index (χ3v) is 2.80. The molecule has 0 bridgehead atoms. The van der Waals surface area contributed by atoms with E-state index >= 15 is 0 Å². The van der Waals surface area contributed by atoms with Crippen LogP contribution in [0.5, 0.6) is 5.75 Å². The van der Waals surface area contributed by atoms with E-state index in [9.17, 15) is 9.50 Å². The summed E-state index contributed by atoms with van der Waals surface area (Å²) < 4.78 is 23.3. The first-order valence-electron chi connectivity index (χ1n) is 5.62. The molecular weight excluding hydrogens is 223 g/mol. The maximum absolute atomic E-state index is 13.1. The highest BCUT2D eigenvalue weighted by molar-refractivity contribution is 5.35. The van der Waals surface area contributed by atoms with E-state index in [1.165, 1.54) is 25.3 Å². The number of aliphatic hydroxyl groups excluding tert-OH is 1. The molecule has 0 fully saturated rings. The molecule has 0 heterocycles. The molecule has 1 aromatic carbocycles. The quantitative estimate of drug-likeness (QED) is 0.833. The van der Waals surface area contributed by atoms with Crippen LogP contribution in [0.15, 0.2) is 18.2 Å². The molecule has 0 aliphatic heterocycles. The smallest absolute Gasteiger partial charge is 0.124 e. The van der Waals surface area contributed by atoms with Gasteiger partial charge in [0.15, 0.2) is 0 Å². The van der Waals surface area contributed by atoms with Crippen molar-refractivity contribution in [2.24, 2.45) is 0 Å². The molecule has 1 aromatic rings. The Morgan fingerprint density at radius 3 is 2.59 bits per heavy atom. The summed E-state index contributed by atoms with van der Waals surface area (Å²) in [6, 6.07) is 4.14. The summed E-state index contributed by atoms with van der Waals surface area (Å²) in [6.07, 6.45) is 0.550. The number of methoxy groups -OCH3 is 2. The van der Waals surface area contributed by atoms with Crippen molar-refractivity contribution in [3.05, 3.63) is 29.6 Å². The van der Waals surface area contributed by atoms with E-state index in [-0.39, 0.29) is 11.9 Å². The van der Waals surface area contributed by atoms with Crippen LogP contribution in [0.25, 0.3) is 0 Å². The molecule has 0 aromatic heterocycles. The summed E-state index contributed by atoms with van der Waals surface area (Å²) in [5.41, 5.74) is 0.482. The summed E-state index contributed by atoms with van der Waals surface area (Å²) in [7, 11) is 3.13. The molecule has 4 heteroatoms. The Hall–Kier alpha value is -1.13. The average molecular weight is 242 g/mol. The first kappa shape index (κ1) is 13.9. The highest BCUT2D eigenvalue weighted by Crippen LogP contribution is 2.29. The monoisotopic (exact) mass is 242 g/mol. The summed E-state index contributed by atoms with van der Waals surface area (Å²) >= 11 is 0. The van der Waals surface area contributed by atoms with Gasteiger partial charge in [0, 0.05) is 12.7 Å². The second-order valence-electron chi connectivity index (χ2n) is 4.03. The van der Waals surface area contributed by atoms with Gasteiger partial charge in [-0.25, -0.2) is 4.39 Å². The number of aliphatic hydroxyl groups is 1. The van der Waals surface area contributed by atoms with Crippen molar-refractivity contribution in [1.82, 2.24) is 0 Å². The fourth-order valence-corrected chi connectivity index (χ4v) is 1.63. The molecule has 0 saturated carbocycles. The molecular formula is C13H19FO3. The van der Waals surface area contributed by atoms with E-state index in [0.717, 1.165) is 0 Å². The maximum atomic E-state index is 13.1. The number of ether oxygens (including phenoxy) is 2. The summed E-state index contributed by atoms with van der Waals surface area (Å²) in [6.45, 7) is 1.93. The van der Waals surface area contributed by atoms with Crippen LogP contribution in [0.1, 0.15) is 31.4 Å². The van der Waals surface area contributed by atoms with Crippen LogP contribution in [0, 0.1) is 5.82 Å². The van der Waals surface area contributed by atoms with Crippen molar-refractivity contribution >= 4 is 0 Å². The lowest BCUT2D eigenvalue weighted by molar-refractivity contribution is 0.0842. The lowest BCUT2D eigenvalue weighted by Gasteiger charge is -2.16. The topological polar surface area (TPSA) is 38.7 Å². The first-order chi connectivity index (χ1) is 8.08. The van der Waals surface area contributed by atoms with Crippen LogP contribution in [0.2, 0.25) is 0 Å². The zero-order chi connectivity index (χ0) is 12.8. The normalized spacial score (nSPS) is 14.4. The highest BCUT2D eigenvalue weighted by atomic mass is 19.1. The van der Waals surface area contributed by atoms with E-state index in [2.05, 4.69) is 0 Å². The Labute approximate surface area is 101 Å². The van der Waals surface area contributed by atoms with Gasteiger partial charge in [-0.15, -0.1) is 0 Å². The fraction of sp³-hybridized carbons (Fsp3) is 0.538. The molecule has 0 aliphatic carbocycles. The van der Waals surface area contributed by atoms with Gasteiger partial charge in [0.2, 0.25) is 0 Å². The third-order valence-electron chi connectivity index (χ3n) is 2.80. The van der Waals surface area contributed by atoms with Gasteiger partial charge in [-0.2, -0.15) is 0 Å². The number of halogens is 1. The van der Waals surface area contributed by atoms with E-state index in [1.54, 1.807) is 7.11 Å². The third kappa shape index (κ3) is 3.98. The highest BCUT2D eigenvalue weighted by Gasteiger charge is 2.15. The molecule has 0 radical (unpaired) electrons. The molecule has 1 N–H and O–H groups in total. The SMILES string of the molecule is COc1ccc(F)cc1C(O)CCC(C)OC. The summed E-state index contributed by atoms with van der Waals surface area (Å²) in [5, 5.41) is 10.00. The van der Waals surface area contributed by atoms with Gasteiger partial charge in [0.25, 0.3) is 0 Å². The van der Waals surface area contributed by atoms with Gasteiger partial charge < -0.3 is 14.6 Å². The number of benzene rings is 1. The maximum Gasteiger partial charge on any atom is 0.124 e. The molecule has 17 heavy (non-hydrogen) atoms. The predicted molar refractivity (Wildman–Crippen MR) is 63.6 cm³/mol. The minimum absolute atomic E-state index is 0.0733. The van der Waals surface area contributed by atoms with Crippen LogP contribution >= 0.6 is 0 Å². The zero-order valence-electron chi connectivity index (χ0n) is 10.4. The Bertz CT molecular complexity index is 355. The number of hydrogen-bond donors (Lipinski definition) is 1. The average Bonchev–Trinajstić information content (AvgIpc) is 2.35. The van der Waals surface area contributed by atoms with Crippen LogP contribution < -0.4 is 4.74 Å². The van der Waals surface area contributed by atoms with Crippen LogP contribution in [0.3, 0.4) is 0 Å². The Balaban J connectivity index is 2.73. The van der Waals surface area contributed by atoms with Crippen molar-refractivity contribution in [2.75, 3.05) is 14.2 Å². The molecule has 0 saturated heterocycles. The van der Waals surface area contributed by atoms with Crippen molar-refractivity contribution < 1.29 is 19.0 Å². The summed E-state index contributed by atoms with van der Waals surface area (Å²) in [4.78, 5) is 0. The lowest BCUT2D eigenvalue weighted by atomic mass is 10.0. The lowest BCUT2D eigenvalue weighted by Crippen LogP contribution is -2.08. The molecule has 96 valence electrons. The minimum Gasteiger partial charge on any atom is -0.496 e. The van der Waals surface area contributed by atoms with E-state index < -0.39 is 6.10 Å². The molecule has 2 unspecified atom stereocenters. The number of hydrogen-bond acceptors (Lipinski definition) is 3. The van der Waals surface area contributed by atoms with Gasteiger partial charge in [-0.05, 0) is 38.0 Å². The second kappa shape index (κ2) is 6.57. The van der Waals surface area contributed by atoms with Crippen molar-refractivity contribution in [2.45, 2.75) is 32.0 Å².